The van der Waals surface area contributed by atoms with Crippen LogP contribution in [0.25, 0.3) is 0 Å². The average molecular weight is 300 g/mol. The smallest absolute Gasteiger partial charge is 0.239 e. The molecule has 1 aliphatic heterocycles. The Balaban J connectivity index is 2.66. The van der Waals surface area contributed by atoms with Crippen LogP contribution in [0.2, 0.25) is 0 Å². The normalized spacial score (nSPS) is 19.9. The lowest BCUT2D eigenvalue weighted by molar-refractivity contribution is -0.108. The second-order valence-electron chi connectivity index (χ2n) is 5.06. The summed E-state index contributed by atoms with van der Waals surface area (Å²) < 4.78 is 26.1. The van der Waals surface area contributed by atoms with Gasteiger partial charge in [-0.3, -0.25) is 0 Å². The Labute approximate surface area is 121 Å². The first-order chi connectivity index (χ1) is 9.52. The van der Waals surface area contributed by atoms with E-state index in [4.69, 9.17) is 0 Å². The molecule has 1 heterocycles. The number of allylic oxidation sites excluding steroid dienone is 2. The SMILES string of the molecule is CC[C@H](C)CCCN(CC=O)S(=O)(=O)C1C=CC=CN1. The van der Waals surface area contributed by atoms with Crippen molar-refractivity contribution in [2.45, 2.75) is 38.5 Å². The lowest BCUT2D eigenvalue weighted by atomic mass is 10.0. The van der Waals surface area contributed by atoms with E-state index in [0.717, 1.165) is 19.3 Å². The van der Waals surface area contributed by atoms with Crippen molar-refractivity contribution >= 4 is 16.3 Å². The molecule has 20 heavy (non-hydrogen) atoms. The first kappa shape index (κ1) is 16.9. The van der Waals surface area contributed by atoms with Crippen molar-refractivity contribution in [3.05, 3.63) is 24.4 Å². The maximum Gasteiger partial charge on any atom is 0.239 e. The Morgan fingerprint density at radius 2 is 2.15 bits per heavy atom. The first-order valence-electron chi connectivity index (χ1n) is 7.04. The van der Waals surface area contributed by atoms with E-state index in [1.807, 2.05) is 0 Å². The highest BCUT2D eigenvalue weighted by Crippen LogP contribution is 2.14. The first-order valence-corrected chi connectivity index (χ1v) is 8.54. The van der Waals surface area contributed by atoms with Crippen LogP contribution in [0.15, 0.2) is 24.4 Å². The van der Waals surface area contributed by atoms with E-state index >= 15 is 0 Å². The summed E-state index contributed by atoms with van der Waals surface area (Å²) in [5.74, 6) is 0.575. The van der Waals surface area contributed by atoms with Crippen LogP contribution in [-0.2, 0) is 14.8 Å². The molecule has 0 radical (unpaired) electrons. The standard InChI is InChI=1S/C14H24N2O3S/c1-3-13(2)7-6-10-16(11-12-17)20(18,19)14-8-4-5-9-15-14/h4-5,8-9,12-15H,3,6-7,10-11H2,1-2H3/t13-,14?/m0/s1. The molecule has 0 aromatic heterocycles. The van der Waals surface area contributed by atoms with Gasteiger partial charge in [0.1, 0.15) is 6.29 Å². The van der Waals surface area contributed by atoms with Gasteiger partial charge in [-0.15, -0.1) is 0 Å². The molecule has 0 spiro atoms. The highest BCUT2D eigenvalue weighted by Gasteiger charge is 2.29. The summed E-state index contributed by atoms with van der Waals surface area (Å²) >= 11 is 0. The minimum Gasteiger partial charge on any atom is -0.371 e. The highest BCUT2D eigenvalue weighted by molar-refractivity contribution is 7.89. The Hall–Kier alpha value is -1.14. The van der Waals surface area contributed by atoms with Gasteiger partial charge in [0, 0.05) is 6.54 Å². The van der Waals surface area contributed by atoms with Crippen molar-refractivity contribution < 1.29 is 13.2 Å². The van der Waals surface area contributed by atoms with Crippen LogP contribution in [0.3, 0.4) is 0 Å². The molecule has 0 bridgehead atoms. The van der Waals surface area contributed by atoms with Crippen LogP contribution in [0.1, 0.15) is 33.1 Å². The third-order valence-corrected chi connectivity index (χ3v) is 5.50. The molecule has 0 aromatic carbocycles. The zero-order chi connectivity index (χ0) is 15.0. The third kappa shape index (κ3) is 4.76. The maximum atomic E-state index is 12.4. The number of aldehydes is 1. The van der Waals surface area contributed by atoms with E-state index in [9.17, 15) is 13.2 Å². The summed E-state index contributed by atoms with van der Waals surface area (Å²) in [6.45, 7) is 4.57. The van der Waals surface area contributed by atoms with Gasteiger partial charge in [0.2, 0.25) is 10.0 Å². The van der Waals surface area contributed by atoms with E-state index in [1.165, 1.54) is 4.31 Å². The van der Waals surface area contributed by atoms with Crippen molar-refractivity contribution in [3.8, 4) is 0 Å². The monoisotopic (exact) mass is 300 g/mol. The largest absolute Gasteiger partial charge is 0.371 e. The molecular weight excluding hydrogens is 276 g/mol. The quantitative estimate of drug-likeness (QED) is 0.657. The fourth-order valence-corrected chi connectivity index (χ4v) is 3.51. The Morgan fingerprint density at radius 1 is 1.40 bits per heavy atom. The number of nitrogens with zero attached hydrogens (tertiary/aromatic N) is 1. The van der Waals surface area contributed by atoms with Crippen LogP contribution in [0.5, 0.6) is 0 Å². The minimum atomic E-state index is -3.54. The van der Waals surface area contributed by atoms with Crippen LogP contribution >= 0.6 is 0 Å². The zero-order valence-corrected chi connectivity index (χ0v) is 13.0. The maximum absolute atomic E-state index is 12.4. The summed E-state index contributed by atoms with van der Waals surface area (Å²) in [5.41, 5.74) is 0. The summed E-state index contributed by atoms with van der Waals surface area (Å²) in [6.07, 6.45) is 10.1. The van der Waals surface area contributed by atoms with E-state index < -0.39 is 15.4 Å². The van der Waals surface area contributed by atoms with E-state index in [2.05, 4.69) is 19.2 Å². The lowest BCUT2D eigenvalue weighted by Gasteiger charge is -2.26. The van der Waals surface area contributed by atoms with E-state index in [0.29, 0.717) is 18.7 Å². The molecule has 6 heteroatoms. The fraction of sp³-hybridized carbons (Fsp3) is 0.643. The molecule has 5 nitrogen and oxygen atoms in total. The van der Waals surface area contributed by atoms with Crippen LogP contribution < -0.4 is 5.32 Å². The van der Waals surface area contributed by atoms with Crippen LogP contribution in [-0.4, -0.2) is 37.5 Å². The predicted molar refractivity (Wildman–Crippen MR) is 80.4 cm³/mol. The number of rotatable bonds is 9. The van der Waals surface area contributed by atoms with Crippen molar-refractivity contribution in [1.29, 1.82) is 0 Å². The number of hydrogen-bond acceptors (Lipinski definition) is 4. The summed E-state index contributed by atoms with van der Waals surface area (Å²) in [4.78, 5) is 10.7. The molecule has 1 rings (SSSR count). The van der Waals surface area contributed by atoms with Crippen molar-refractivity contribution in [2.75, 3.05) is 13.1 Å². The summed E-state index contributed by atoms with van der Waals surface area (Å²) in [6, 6.07) is 0. The molecule has 0 aliphatic carbocycles. The van der Waals surface area contributed by atoms with Crippen LogP contribution in [0, 0.1) is 5.92 Å². The Morgan fingerprint density at radius 3 is 2.70 bits per heavy atom. The second kappa shape index (κ2) is 8.21. The third-order valence-electron chi connectivity index (χ3n) is 3.51. The van der Waals surface area contributed by atoms with Gasteiger partial charge >= 0.3 is 0 Å². The molecule has 114 valence electrons. The van der Waals surface area contributed by atoms with Crippen molar-refractivity contribution in [2.24, 2.45) is 5.92 Å². The molecular formula is C14H24N2O3S. The highest BCUT2D eigenvalue weighted by atomic mass is 32.2. The minimum absolute atomic E-state index is 0.0847. The Bertz CT molecular complexity index is 457. The number of dihydropyridines is 1. The van der Waals surface area contributed by atoms with E-state index in [1.54, 1.807) is 24.4 Å². The number of carbonyl (C=O) groups is 1. The van der Waals surface area contributed by atoms with Gasteiger partial charge < -0.3 is 10.1 Å². The molecule has 1 unspecified atom stereocenters. The van der Waals surface area contributed by atoms with Gasteiger partial charge in [-0.05, 0) is 37.1 Å². The molecule has 0 aromatic rings. The van der Waals surface area contributed by atoms with Gasteiger partial charge in [-0.1, -0.05) is 26.3 Å². The predicted octanol–water partition coefficient (Wildman–Crippen LogP) is 1.64. The summed E-state index contributed by atoms with van der Waals surface area (Å²) in [7, 11) is -3.54. The Kier molecular flexibility index (Phi) is 6.95. The van der Waals surface area contributed by atoms with Gasteiger partial charge in [-0.2, -0.15) is 4.31 Å². The van der Waals surface area contributed by atoms with E-state index in [-0.39, 0.29) is 6.54 Å². The average Bonchev–Trinajstić information content (AvgIpc) is 2.47. The molecule has 0 saturated heterocycles. The number of sulfonamides is 1. The van der Waals surface area contributed by atoms with Gasteiger partial charge in [-0.25, -0.2) is 8.42 Å². The lowest BCUT2D eigenvalue weighted by Crippen LogP contribution is -2.45. The number of hydrogen-bond donors (Lipinski definition) is 1. The number of nitrogens with one attached hydrogen (secondary N) is 1. The van der Waals surface area contributed by atoms with Gasteiger partial charge in [0.05, 0.1) is 6.54 Å². The fourth-order valence-electron chi connectivity index (χ4n) is 2.00. The molecule has 0 amide bonds. The molecule has 1 aliphatic rings. The molecule has 1 N–H and O–H groups in total. The van der Waals surface area contributed by atoms with Crippen LogP contribution in [0.4, 0.5) is 0 Å². The second-order valence-corrected chi connectivity index (χ2v) is 7.11. The van der Waals surface area contributed by atoms with Gasteiger partial charge in [0.15, 0.2) is 5.37 Å². The molecule has 0 fully saturated rings. The topological polar surface area (TPSA) is 66.5 Å². The zero-order valence-electron chi connectivity index (χ0n) is 12.2. The molecule has 0 saturated carbocycles. The van der Waals surface area contributed by atoms with Crippen molar-refractivity contribution in [1.82, 2.24) is 9.62 Å². The van der Waals surface area contributed by atoms with Gasteiger partial charge in [0.25, 0.3) is 0 Å². The van der Waals surface area contributed by atoms with Crippen molar-refractivity contribution in [3.63, 3.8) is 0 Å². The molecule has 2 atom stereocenters. The summed E-state index contributed by atoms with van der Waals surface area (Å²) in [5, 5.41) is 2.01. The number of carbonyl (C=O) groups excluding carboxylic acids is 1.